The Labute approximate surface area is 221 Å². The molecule has 0 saturated heterocycles. The first-order chi connectivity index (χ1) is 18.2. The number of para-hydroxylation sites is 1. The van der Waals surface area contributed by atoms with Crippen molar-refractivity contribution in [2.24, 2.45) is 0 Å². The van der Waals surface area contributed by atoms with Crippen LogP contribution in [-0.4, -0.2) is 20.8 Å². The normalized spacial score (nSPS) is 11.9. The maximum absolute atomic E-state index is 14.2. The predicted molar refractivity (Wildman–Crippen MR) is 145 cm³/mol. The van der Waals surface area contributed by atoms with Crippen LogP contribution in [0.5, 0.6) is 5.75 Å². The van der Waals surface area contributed by atoms with Crippen molar-refractivity contribution in [3.63, 3.8) is 0 Å². The first-order valence-electron chi connectivity index (χ1n) is 11.5. The Balaban J connectivity index is 1.63. The Bertz CT molecular complexity index is 1770. The van der Waals surface area contributed by atoms with Crippen LogP contribution in [0.25, 0.3) is 22.1 Å². The summed E-state index contributed by atoms with van der Waals surface area (Å²) in [5.74, 6) is -0.208. The summed E-state index contributed by atoms with van der Waals surface area (Å²) in [6.07, 6.45) is 1.24. The van der Waals surface area contributed by atoms with E-state index in [1.807, 2.05) is 0 Å². The van der Waals surface area contributed by atoms with Crippen LogP contribution in [0.2, 0.25) is 5.02 Å². The summed E-state index contributed by atoms with van der Waals surface area (Å²) < 4.78 is 20.3. The molecule has 0 aliphatic carbocycles. The molecule has 0 amide bonds. The number of anilines is 2. The number of nitrogens with zero attached hydrogens (tertiary/aromatic N) is 2. The molecule has 38 heavy (non-hydrogen) atoms. The van der Waals surface area contributed by atoms with Gasteiger partial charge in [-0.25, -0.2) is 14.4 Å². The highest BCUT2D eigenvalue weighted by atomic mass is 35.5. The van der Waals surface area contributed by atoms with Crippen molar-refractivity contribution in [3.05, 3.63) is 111 Å². The third-order valence-corrected chi connectivity index (χ3v) is 6.37. The second-order valence-corrected chi connectivity index (χ2v) is 8.97. The molecule has 10 heteroatoms. The zero-order chi connectivity index (χ0) is 27.0. The summed E-state index contributed by atoms with van der Waals surface area (Å²) in [6, 6.07) is 16.2. The SMILES string of the molecule is CC(Nc1ncnc(N)c1C(=N)c1ccc(Cl)c(O)c1)c1oc2ccccc2c(=O)c1-c1cccc(F)c1. The van der Waals surface area contributed by atoms with Crippen molar-refractivity contribution in [2.75, 3.05) is 11.1 Å². The number of fused-ring (bicyclic) bond motifs is 1. The first-order valence-corrected chi connectivity index (χ1v) is 11.9. The van der Waals surface area contributed by atoms with E-state index in [4.69, 9.17) is 27.2 Å². The number of benzene rings is 3. The number of phenols is 1. The van der Waals surface area contributed by atoms with Crippen molar-refractivity contribution in [1.29, 1.82) is 5.41 Å². The van der Waals surface area contributed by atoms with Crippen molar-refractivity contribution in [2.45, 2.75) is 13.0 Å². The Kier molecular flexibility index (Phi) is 6.52. The maximum atomic E-state index is 14.2. The zero-order valence-electron chi connectivity index (χ0n) is 20.0. The van der Waals surface area contributed by atoms with Crippen molar-refractivity contribution in [1.82, 2.24) is 9.97 Å². The van der Waals surface area contributed by atoms with Crippen LogP contribution < -0.4 is 16.5 Å². The molecule has 5 N–H and O–H groups in total. The lowest BCUT2D eigenvalue weighted by atomic mass is 9.98. The molecule has 8 nitrogen and oxygen atoms in total. The third kappa shape index (κ3) is 4.55. The minimum atomic E-state index is -0.676. The average molecular weight is 530 g/mol. The van der Waals surface area contributed by atoms with Gasteiger partial charge in [0.1, 0.15) is 40.9 Å². The molecular formula is C28H21ClFN5O3. The van der Waals surface area contributed by atoms with Gasteiger partial charge in [-0.2, -0.15) is 0 Å². The molecular weight excluding hydrogens is 509 g/mol. The molecule has 3 aromatic carbocycles. The maximum Gasteiger partial charge on any atom is 0.200 e. The predicted octanol–water partition coefficient (Wildman–Crippen LogP) is 5.92. The van der Waals surface area contributed by atoms with E-state index < -0.39 is 11.9 Å². The molecule has 0 bridgehead atoms. The highest BCUT2D eigenvalue weighted by Crippen LogP contribution is 2.33. The topological polar surface area (TPSA) is 138 Å². The van der Waals surface area contributed by atoms with Gasteiger partial charge in [0.05, 0.1) is 33.3 Å². The lowest BCUT2D eigenvalue weighted by Crippen LogP contribution is -2.18. The molecule has 5 aromatic rings. The van der Waals surface area contributed by atoms with Gasteiger partial charge in [-0.15, -0.1) is 0 Å². The monoisotopic (exact) mass is 529 g/mol. The molecule has 2 heterocycles. The smallest absolute Gasteiger partial charge is 0.200 e. The van der Waals surface area contributed by atoms with Crippen LogP contribution in [0.1, 0.15) is 29.9 Å². The molecule has 0 fully saturated rings. The van der Waals surface area contributed by atoms with Gasteiger partial charge in [-0.1, -0.05) is 41.9 Å². The van der Waals surface area contributed by atoms with Crippen LogP contribution in [0.15, 0.2) is 82.3 Å². The van der Waals surface area contributed by atoms with E-state index in [0.29, 0.717) is 22.1 Å². The summed E-state index contributed by atoms with van der Waals surface area (Å²) in [5, 5.41) is 22.4. The molecule has 1 atom stereocenters. The third-order valence-electron chi connectivity index (χ3n) is 6.05. The lowest BCUT2D eigenvalue weighted by molar-refractivity contribution is 0.475. The second-order valence-electron chi connectivity index (χ2n) is 8.57. The minimum Gasteiger partial charge on any atom is -0.506 e. The summed E-state index contributed by atoms with van der Waals surface area (Å²) >= 11 is 5.92. The Morgan fingerprint density at radius 2 is 1.92 bits per heavy atom. The van der Waals surface area contributed by atoms with E-state index in [-0.39, 0.29) is 50.4 Å². The number of hydrogen-bond donors (Lipinski definition) is 4. The van der Waals surface area contributed by atoms with E-state index in [0.717, 1.165) is 0 Å². The number of nitrogen functional groups attached to an aromatic ring is 1. The summed E-state index contributed by atoms with van der Waals surface area (Å²) in [6.45, 7) is 1.75. The fourth-order valence-electron chi connectivity index (χ4n) is 4.22. The van der Waals surface area contributed by atoms with Crippen molar-refractivity contribution >= 4 is 39.9 Å². The number of aromatic nitrogens is 2. The van der Waals surface area contributed by atoms with Gasteiger partial charge in [0.25, 0.3) is 0 Å². The number of nitrogens with two attached hydrogens (primary N) is 1. The fourth-order valence-corrected chi connectivity index (χ4v) is 4.34. The number of rotatable bonds is 6. The van der Waals surface area contributed by atoms with Gasteiger partial charge in [-0.3, -0.25) is 10.2 Å². The highest BCUT2D eigenvalue weighted by molar-refractivity contribution is 6.32. The molecule has 190 valence electrons. The standard InChI is InChI=1S/C28H21ClFN5O3/c1-14(35-28-23(27(32)33-13-34-28)24(31)16-9-10-19(29)20(36)12-16)26-22(15-5-4-6-17(30)11-15)25(37)18-7-2-3-8-21(18)38-26/h2-14,31,36H,1H3,(H3,32,33,34,35). The Morgan fingerprint density at radius 3 is 2.68 bits per heavy atom. The summed E-state index contributed by atoms with van der Waals surface area (Å²) in [5.41, 5.74) is 7.21. The Hall–Kier alpha value is -4.76. The number of aromatic hydroxyl groups is 1. The van der Waals surface area contributed by atoms with Crippen LogP contribution in [0.4, 0.5) is 16.0 Å². The quantitative estimate of drug-likeness (QED) is 0.200. The van der Waals surface area contributed by atoms with E-state index in [1.54, 1.807) is 43.3 Å². The van der Waals surface area contributed by atoms with Gasteiger partial charge in [-0.05, 0) is 48.9 Å². The van der Waals surface area contributed by atoms with Gasteiger partial charge in [0.15, 0.2) is 0 Å². The van der Waals surface area contributed by atoms with Gasteiger partial charge < -0.3 is 20.6 Å². The summed E-state index contributed by atoms with van der Waals surface area (Å²) in [7, 11) is 0. The van der Waals surface area contributed by atoms with E-state index in [2.05, 4.69) is 15.3 Å². The number of halogens is 2. The van der Waals surface area contributed by atoms with Crippen LogP contribution in [0, 0.1) is 11.2 Å². The first kappa shape index (κ1) is 24.9. The fraction of sp³-hybridized carbons (Fsp3) is 0.0714. The summed E-state index contributed by atoms with van der Waals surface area (Å²) in [4.78, 5) is 21.9. The van der Waals surface area contributed by atoms with Gasteiger partial charge in [0, 0.05) is 5.56 Å². The molecule has 0 saturated carbocycles. The van der Waals surface area contributed by atoms with Crippen molar-refractivity contribution in [3.8, 4) is 16.9 Å². The van der Waals surface area contributed by atoms with Gasteiger partial charge >= 0.3 is 0 Å². The highest BCUT2D eigenvalue weighted by Gasteiger charge is 2.24. The number of hydrogen-bond acceptors (Lipinski definition) is 8. The van der Waals surface area contributed by atoms with Crippen LogP contribution in [0.3, 0.4) is 0 Å². The molecule has 0 aliphatic rings. The van der Waals surface area contributed by atoms with Crippen LogP contribution in [-0.2, 0) is 0 Å². The van der Waals surface area contributed by atoms with E-state index in [9.17, 15) is 14.3 Å². The van der Waals surface area contributed by atoms with Gasteiger partial charge in [0.2, 0.25) is 5.43 Å². The molecule has 0 radical (unpaired) electrons. The number of nitrogens with one attached hydrogen (secondary N) is 2. The molecule has 2 aromatic heterocycles. The lowest BCUT2D eigenvalue weighted by Gasteiger charge is -2.20. The van der Waals surface area contributed by atoms with Crippen LogP contribution >= 0.6 is 11.6 Å². The molecule has 5 rings (SSSR count). The second kappa shape index (κ2) is 9.95. The van der Waals surface area contributed by atoms with Crippen molar-refractivity contribution < 1.29 is 13.9 Å². The van der Waals surface area contributed by atoms with E-state index in [1.165, 1.54) is 36.7 Å². The Morgan fingerprint density at radius 1 is 1.13 bits per heavy atom. The average Bonchev–Trinajstić information content (AvgIpc) is 2.90. The molecule has 0 spiro atoms. The zero-order valence-corrected chi connectivity index (χ0v) is 20.8. The molecule has 0 aliphatic heterocycles. The largest absolute Gasteiger partial charge is 0.506 e. The molecule has 1 unspecified atom stereocenters. The van der Waals surface area contributed by atoms with E-state index >= 15 is 0 Å². The number of phenolic OH excluding ortho intramolecular Hbond substituents is 1. The minimum absolute atomic E-state index is 0.0273.